The van der Waals surface area contributed by atoms with E-state index in [1.54, 1.807) is 12.1 Å². The van der Waals surface area contributed by atoms with Crippen LogP contribution < -0.4 is 19.9 Å². The highest BCUT2D eigenvalue weighted by Gasteiger charge is 2.30. The quantitative estimate of drug-likeness (QED) is 0.815. The minimum atomic E-state index is -0.310. The van der Waals surface area contributed by atoms with Gasteiger partial charge in [0.15, 0.2) is 6.04 Å². The molecule has 1 amide bonds. The number of halogens is 1. The molecule has 2 aromatic carbocycles. The van der Waals surface area contributed by atoms with Gasteiger partial charge in [0.05, 0.1) is 38.5 Å². The normalized spacial score (nSPS) is 16.0. The van der Waals surface area contributed by atoms with Crippen molar-refractivity contribution in [2.24, 2.45) is 0 Å². The summed E-state index contributed by atoms with van der Waals surface area (Å²) in [7, 11) is 0. The molecule has 1 heterocycles. The smallest absolute Gasteiger partial charge is 0.282 e. The van der Waals surface area contributed by atoms with Crippen LogP contribution in [0.2, 0.25) is 0 Å². The van der Waals surface area contributed by atoms with Crippen LogP contribution in [-0.4, -0.2) is 44.7 Å². The van der Waals surface area contributed by atoms with Crippen LogP contribution >= 0.6 is 0 Å². The number of nitrogens with one attached hydrogen (secondary N) is 2. The number of quaternary nitrogens is 1. The minimum Gasteiger partial charge on any atom is -0.492 e. The van der Waals surface area contributed by atoms with Crippen molar-refractivity contribution >= 4 is 17.3 Å². The van der Waals surface area contributed by atoms with Gasteiger partial charge in [0.25, 0.3) is 5.91 Å². The van der Waals surface area contributed by atoms with Crippen LogP contribution in [0.1, 0.15) is 13.8 Å². The van der Waals surface area contributed by atoms with Gasteiger partial charge in [-0.3, -0.25) is 4.79 Å². The first-order valence-electron chi connectivity index (χ1n) is 9.46. The number of carbonyl (C=O) groups is 1. The second kappa shape index (κ2) is 8.86. The Morgan fingerprint density at radius 3 is 2.52 bits per heavy atom. The third-order valence-corrected chi connectivity index (χ3v) is 5.03. The van der Waals surface area contributed by atoms with Gasteiger partial charge < -0.3 is 19.9 Å². The molecule has 2 N–H and O–H groups in total. The second-order valence-electron chi connectivity index (χ2n) is 6.76. The molecule has 0 bridgehead atoms. The SMILES string of the molecule is CCOc1ccccc1N1CC[NH+]([C@@H](C)C(=O)Nc2ccc(F)cc2)CC1. The molecule has 3 rings (SSSR count). The molecule has 0 aliphatic carbocycles. The van der Waals surface area contributed by atoms with Gasteiger partial charge in [-0.2, -0.15) is 0 Å². The number of hydrogen-bond acceptors (Lipinski definition) is 3. The van der Waals surface area contributed by atoms with Crippen LogP contribution in [0.25, 0.3) is 0 Å². The van der Waals surface area contributed by atoms with Crippen molar-refractivity contribution in [1.29, 1.82) is 0 Å². The number of benzene rings is 2. The van der Waals surface area contributed by atoms with E-state index in [-0.39, 0.29) is 17.8 Å². The predicted octanol–water partition coefficient (Wildman–Crippen LogP) is 1.96. The average Bonchev–Trinajstić information content (AvgIpc) is 2.70. The van der Waals surface area contributed by atoms with E-state index in [0.29, 0.717) is 12.3 Å². The lowest BCUT2D eigenvalue weighted by Gasteiger charge is -2.36. The third kappa shape index (κ3) is 4.77. The molecular weight excluding hydrogens is 345 g/mol. The Morgan fingerprint density at radius 1 is 1.19 bits per heavy atom. The largest absolute Gasteiger partial charge is 0.492 e. The fraction of sp³-hybridized carbons (Fsp3) is 0.381. The number of rotatable bonds is 6. The molecule has 0 unspecified atom stereocenters. The van der Waals surface area contributed by atoms with Crippen molar-refractivity contribution < 1.29 is 18.8 Å². The number of ether oxygens (including phenoxy) is 1. The van der Waals surface area contributed by atoms with E-state index >= 15 is 0 Å². The molecule has 5 nitrogen and oxygen atoms in total. The van der Waals surface area contributed by atoms with Crippen LogP contribution in [0.15, 0.2) is 48.5 Å². The average molecular weight is 372 g/mol. The van der Waals surface area contributed by atoms with Gasteiger partial charge in [0.1, 0.15) is 11.6 Å². The summed E-state index contributed by atoms with van der Waals surface area (Å²) in [5, 5.41) is 2.87. The molecule has 0 radical (unpaired) electrons. The Labute approximate surface area is 159 Å². The van der Waals surface area contributed by atoms with Crippen molar-refractivity contribution in [3.05, 3.63) is 54.3 Å². The van der Waals surface area contributed by atoms with Gasteiger partial charge in [-0.05, 0) is 50.2 Å². The van der Waals surface area contributed by atoms with Gasteiger partial charge in [-0.1, -0.05) is 12.1 Å². The first-order valence-corrected chi connectivity index (χ1v) is 9.46. The van der Waals surface area contributed by atoms with Crippen molar-refractivity contribution in [3.63, 3.8) is 0 Å². The van der Waals surface area contributed by atoms with Gasteiger partial charge in [-0.25, -0.2) is 4.39 Å². The number of carbonyl (C=O) groups excluding carboxylic acids is 1. The van der Waals surface area contributed by atoms with E-state index in [1.165, 1.54) is 17.0 Å². The molecule has 1 atom stereocenters. The zero-order valence-electron chi connectivity index (χ0n) is 15.9. The number of anilines is 2. The lowest BCUT2D eigenvalue weighted by Crippen LogP contribution is -3.19. The van der Waals surface area contributed by atoms with E-state index in [4.69, 9.17) is 4.74 Å². The molecule has 1 aliphatic heterocycles. The molecule has 27 heavy (non-hydrogen) atoms. The summed E-state index contributed by atoms with van der Waals surface area (Å²) >= 11 is 0. The highest BCUT2D eigenvalue weighted by atomic mass is 19.1. The first-order chi connectivity index (χ1) is 13.1. The Balaban J connectivity index is 1.57. The maximum absolute atomic E-state index is 13.0. The molecular formula is C21H27FN3O2+. The number of para-hydroxylation sites is 2. The van der Waals surface area contributed by atoms with Crippen molar-refractivity contribution in [1.82, 2.24) is 0 Å². The fourth-order valence-electron chi connectivity index (χ4n) is 3.43. The van der Waals surface area contributed by atoms with Crippen molar-refractivity contribution in [2.45, 2.75) is 19.9 Å². The van der Waals surface area contributed by atoms with E-state index in [1.807, 2.05) is 32.0 Å². The van der Waals surface area contributed by atoms with E-state index in [2.05, 4.69) is 16.3 Å². The van der Waals surface area contributed by atoms with Gasteiger partial charge in [0, 0.05) is 5.69 Å². The molecule has 0 saturated carbocycles. The van der Waals surface area contributed by atoms with Crippen molar-refractivity contribution in [3.8, 4) is 5.75 Å². The Bertz CT molecular complexity index is 758. The lowest BCUT2D eigenvalue weighted by molar-refractivity contribution is -0.914. The maximum atomic E-state index is 13.0. The Kier molecular flexibility index (Phi) is 6.29. The van der Waals surface area contributed by atoms with E-state index in [9.17, 15) is 9.18 Å². The molecule has 2 aromatic rings. The van der Waals surface area contributed by atoms with E-state index in [0.717, 1.165) is 37.6 Å². The maximum Gasteiger partial charge on any atom is 0.282 e. The van der Waals surface area contributed by atoms with Crippen LogP contribution in [-0.2, 0) is 4.79 Å². The van der Waals surface area contributed by atoms with Crippen molar-refractivity contribution in [2.75, 3.05) is 43.0 Å². The number of piperazine rings is 1. The number of nitrogens with zero attached hydrogens (tertiary/aromatic N) is 1. The summed E-state index contributed by atoms with van der Waals surface area (Å²) in [5.41, 5.74) is 1.73. The summed E-state index contributed by atoms with van der Waals surface area (Å²) < 4.78 is 18.7. The number of hydrogen-bond donors (Lipinski definition) is 2. The standard InChI is InChI=1S/C21H26FN3O2/c1-3-27-20-7-5-4-6-19(20)25-14-12-24(13-15-25)16(2)21(26)23-18-10-8-17(22)9-11-18/h4-11,16H,3,12-15H2,1-2H3,(H,23,26)/p+1/t16-/m0/s1. The highest BCUT2D eigenvalue weighted by Crippen LogP contribution is 2.27. The zero-order valence-corrected chi connectivity index (χ0v) is 15.9. The molecule has 1 fully saturated rings. The van der Waals surface area contributed by atoms with Crippen LogP contribution in [0.5, 0.6) is 5.75 Å². The zero-order chi connectivity index (χ0) is 19.2. The molecule has 144 valence electrons. The predicted molar refractivity (Wildman–Crippen MR) is 105 cm³/mol. The summed E-state index contributed by atoms with van der Waals surface area (Å²) in [6, 6.07) is 13.8. The van der Waals surface area contributed by atoms with Gasteiger partial charge >= 0.3 is 0 Å². The topological polar surface area (TPSA) is 46.0 Å². The van der Waals surface area contributed by atoms with Gasteiger partial charge in [-0.15, -0.1) is 0 Å². The van der Waals surface area contributed by atoms with Crippen LogP contribution in [0.3, 0.4) is 0 Å². The van der Waals surface area contributed by atoms with E-state index < -0.39 is 0 Å². The molecule has 6 heteroatoms. The Morgan fingerprint density at radius 2 is 1.85 bits per heavy atom. The summed E-state index contributed by atoms with van der Waals surface area (Å²) in [5.74, 6) is 0.556. The molecule has 0 aromatic heterocycles. The second-order valence-corrected chi connectivity index (χ2v) is 6.76. The fourth-order valence-corrected chi connectivity index (χ4v) is 3.43. The molecule has 1 saturated heterocycles. The van der Waals surface area contributed by atoms with Gasteiger partial charge in [0.2, 0.25) is 0 Å². The Hall–Kier alpha value is -2.60. The van der Waals surface area contributed by atoms with Crippen LogP contribution in [0.4, 0.5) is 15.8 Å². The molecule has 0 spiro atoms. The summed E-state index contributed by atoms with van der Waals surface area (Å²) in [6.45, 7) is 8.05. The highest BCUT2D eigenvalue weighted by molar-refractivity contribution is 5.93. The number of amides is 1. The first kappa shape index (κ1) is 19.2. The molecule has 1 aliphatic rings. The monoisotopic (exact) mass is 372 g/mol. The summed E-state index contributed by atoms with van der Waals surface area (Å²) in [6.07, 6.45) is 0. The minimum absolute atomic E-state index is 0.0419. The van der Waals surface area contributed by atoms with Crippen LogP contribution in [0, 0.1) is 5.82 Å². The summed E-state index contributed by atoms with van der Waals surface area (Å²) in [4.78, 5) is 16.1. The lowest BCUT2D eigenvalue weighted by atomic mass is 10.2. The third-order valence-electron chi connectivity index (χ3n) is 5.03.